The lowest BCUT2D eigenvalue weighted by atomic mass is 9.90. The molecule has 3 saturated heterocycles. The molecule has 4 fully saturated rings. The average molecular weight is 637 g/mol. The third-order valence-corrected chi connectivity index (χ3v) is 10.4. The Hall–Kier alpha value is -4.04. The third kappa shape index (κ3) is 5.75. The van der Waals surface area contributed by atoms with E-state index in [2.05, 4.69) is 28.0 Å². The predicted octanol–water partition coefficient (Wildman–Crippen LogP) is 5.06. The normalized spacial score (nSPS) is 22.1. The number of halogens is 1. The summed E-state index contributed by atoms with van der Waals surface area (Å²) in [5, 5.41) is 15.8. The lowest BCUT2D eigenvalue weighted by molar-refractivity contribution is 0.0231. The molecule has 3 aliphatic heterocycles. The van der Waals surface area contributed by atoms with Gasteiger partial charge in [0.1, 0.15) is 22.6 Å². The second-order valence-corrected chi connectivity index (χ2v) is 13.8. The van der Waals surface area contributed by atoms with Crippen molar-refractivity contribution in [1.29, 1.82) is 0 Å². The van der Waals surface area contributed by atoms with Crippen LogP contribution in [0.4, 0.5) is 10.2 Å². The number of rotatable bonds is 9. The maximum absolute atomic E-state index is 15.1. The number of phenolic OH excluding ortho intramolecular Hbond substituents is 1. The highest BCUT2D eigenvalue weighted by Gasteiger charge is 2.45. The number of nitrogens with zero attached hydrogens (tertiary/aromatic N) is 5. The molecule has 2 atom stereocenters. The van der Waals surface area contributed by atoms with Gasteiger partial charge in [0, 0.05) is 67.4 Å². The molecule has 9 nitrogen and oxygen atoms in total. The number of benzene rings is 2. The Morgan fingerprint density at radius 2 is 1.89 bits per heavy atom. The van der Waals surface area contributed by atoms with E-state index in [1.165, 1.54) is 6.07 Å². The minimum atomic E-state index is -0.475. The molecule has 2 aromatic carbocycles. The first-order valence-corrected chi connectivity index (χ1v) is 17.0. The highest BCUT2D eigenvalue weighted by Crippen LogP contribution is 2.47. The van der Waals surface area contributed by atoms with Crippen LogP contribution < -0.4 is 15.0 Å². The summed E-state index contributed by atoms with van der Waals surface area (Å²) >= 11 is 0. The number of aromatic hydroxyl groups is 1. The molecule has 2 bridgehead atoms. The molecule has 1 saturated carbocycles. The molecule has 47 heavy (non-hydrogen) atoms. The summed E-state index contributed by atoms with van der Waals surface area (Å²) in [5.74, 6) is 2.94. The van der Waals surface area contributed by atoms with Gasteiger partial charge in [-0.1, -0.05) is 25.3 Å². The summed E-state index contributed by atoms with van der Waals surface area (Å²) < 4.78 is 27.2. The number of hydrogen-bond acceptors (Lipinski definition) is 9. The van der Waals surface area contributed by atoms with Crippen molar-refractivity contribution in [2.24, 2.45) is 5.41 Å². The van der Waals surface area contributed by atoms with Gasteiger partial charge in [0.25, 0.3) is 0 Å². The quantitative estimate of drug-likeness (QED) is 0.245. The molecule has 0 radical (unpaired) electrons. The van der Waals surface area contributed by atoms with Crippen molar-refractivity contribution in [3.63, 3.8) is 0 Å². The van der Waals surface area contributed by atoms with Crippen molar-refractivity contribution < 1.29 is 19.0 Å². The van der Waals surface area contributed by atoms with Crippen LogP contribution in [-0.4, -0.2) is 89.6 Å². The molecule has 0 spiro atoms. The van der Waals surface area contributed by atoms with E-state index in [0.29, 0.717) is 47.5 Å². The first kappa shape index (κ1) is 30.3. The Bertz CT molecular complexity index is 1870. The monoisotopic (exact) mass is 636 g/mol. The molecule has 5 heterocycles. The van der Waals surface area contributed by atoms with Gasteiger partial charge >= 0.3 is 6.01 Å². The van der Waals surface area contributed by atoms with E-state index in [4.69, 9.17) is 30.8 Å². The van der Waals surface area contributed by atoms with Gasteiger partial charge in [0.15, 0.2) is 5.82 Å². The van der Waals surface area contributed by atoms with Crippen LogP contribution in [0, 0.1) is 23.6 Å². The van der Waals surface area contributed by atoms with E-state index in [0.717, 1.165) is 106 Å². The molecule has 244 valence electrons. The zero-order valence-corrected chi connectivity index (χ0v) is 26.9. The van der Waals surface area contributed by atoms with Gasteiger partial charge in [-0.05, 0) is 66.8 Å². The number of phenols is 1. The van der Waals surface area contributed by atoms with Gasteiger partial charge in [-0.3, -0.25) is 9.88 Å². The van der Waals surface area contributed by atoms with Gasteiger partial charge in [-0.2, -0.15) is 9.97 Å². The Morgan fingerprint density at radius 3 is 2.62 bits per heavy atom. The third-order valence-electron chi connectivity index (χ3n) is 10.4. The van der Waals surface area contributed by atoms with Crippen molar-refractivity contribution in [2.75, 3.05) is 57.4 Å². The first-order valence-electron chi connectivity index (χ1n) is 17.0. The maximum Gasteiger partial charge on any atom is 0.319 e. The molecule has 8 rings (SSSR count). The van der Waals surface area contributed by atoms with Crippen LogP contribution in [0.5, 0.6) is 11.8 Å². The van der Waals surface area contributed by atoms with Crippen LogP contribution in [0.2, 0.25) is 0 Å². The summed E-state index contributed by atoms with van der Waals surface area (Å²) in [7, 11) is 0. The number of aryl methyl sites for hydroxylation is 1. The second kappa shape index (κ2) is 12.2. The van der Waals surface area contributed by atoms with Crippen LogP contribution >= 0.6 is 0 Å². The number of piperazine rings is 1. The number of hydrogen-bond donors (Lipinski definition) is 2. The van der Waals surface area contributed by atoms with E-state index in [1.807, 2.05) is 6.20 Å². The zero-order valence-electron chi connectivity index (χ0n) is 26.9. The zero-order chi connectivity index (χ0) is 32.1. The largest absolute Gasteiger partial charge is 0.508 e. The summed E-state index contributed by atoms with van der Waals surface area (Å²) in [6.45, 7) is 8.82. The summed E-state index contributed by atoms with van der Waals surface area (Å²) in [6, 6.07) is 7.45. The number of ether oxygens (including phenoxy) is 2. The van der Waals surface area contributed by atoms with Crippen LogP contribution in [-0.2, 0) is 11.2 Å². The predicted molar refractivity (Wildman–Crippen MR) is 180 cm³/mol. The Kier molecular flexibility index (Phi) is 7.87. The molecular formula is C37H41FN6O3. The first-order chi connectivity index (χ1) is 22.9. The fraction of sp³-hybridized carbons (Fsp3) is 0.486. The number of aromatic nitrogens is 3. The van der Waals surface area contributed by atoms with E-state index in [-0.39, 0.29) is 16.7 Å². The van der Waals surface area contributed by atoms with E-state index < -0.39 is 5.82 Å². The van der Waals surface area contributed by atoms with E-state index in [1.54, 1.807) is 18.2 Å². The fourth-order valence-electron chi connectivity index (χ4n) is 7.83. The Balaban J connectivity index is 1.26. The van der Waals surface area contributed by atoms with E-state index >= 15 is 4.39 Å². The number of fused-ring (bicyclic) bond motifs is 4. The smallest absolute Gasteiger partial charge is 0.319 e. The minimum Gasteiger partial charge on any atom is -0.508 e. The average Bonchev–Trinajstić information content (AvgIpc) is 3.77. The number of pyridine rings is 1. The fourth-order valence-corrected chi connectivity index (χ4v) is 7.83. The number of nitrogens with one attached hydrogen (secondary N) is 1. The highest BCUT2D eigenvalue weighted by atomic mass is 19.1. The Morgan fingerprint density at radius 1 is 1.11 bits per heavy atom. The molecule has 2 aromatic heterocycles. The minimum absolute atomic E-state index is 0.0725. The molecule has 2 unspecified atom stereocenters. The van der Waals surface area contributed by atoms with Gasteiger partial charge in [-0.25, -0.2) is 4.39 Å². The van der Waals surface area contributed by atoms with Gasteiger partial charge in [0.2, 0.25) is 0 Å². The lowest BCUT2D eigenvalue weighted by Gasteiger charge is -2.34. The van der Waals surface area contributed by atoms with Gasteiger partial charge < -0.3 is 24.8 Å². The SMILES string of the molecule is C#Cc1c(F)ccc2cc(O)cc(-c3cnc4c(N5CC6CCC(C5)N6)nc(OCC5(CN6CCOCC6)CC5)nc4c3CCC)c12. The molecular weight excluding hydrogens is 595 g/mol. The van der Waals surface area contributed by atoms with Crippen LogP contribution in [0.3, 0.4) is 0 Å². The second-order valence-electron chi connectivity index (χ2n) is 13.8. The van der Waals surface area contributed by atoms with Crippen molar-refractivity contribution in [3.8, 4) is 35.2 Å². The summed E-state index contributed by atoms with van der Waals surface area (Å²) in [5.41, 5.74) is 4.08. The van der Waals surface area contributed by atoms with Crippen molar-refractivity contribution in [3.05, 3.63) is 47.4 Å². The lowest BCUT2D eigenvalue weighted by Crippen LogP contribution is -2.51. The highest BCUT2D eigenvalue weighted by molar-refractivity contribution is 6.04. The molecule has 4 aromatic rings. The number of anilines is 1. The van der Waals surface area contributed by atoms with Gasteiger partial charge in [-0.15, -0.1) is 6.42 Å². The summed E-state index contributed by atoms with van der Waals surface area (Å²) in [6.07, 6.45) is 13.7. The Labute approximate surface area is 274 Å². The topological polar surface area (TPSA) is 95.9 Å². The van der Waals surface area contributed by atoms with Crippen LogP contribution in [0.15, 0.2) is 30.5 Å². The molecule has 1 aliphatic carbocycles. The van der Waals surface area contributed by atoms with Crippen LogP contribution in [0.1, 0.15) is 50.2 Å². The number of morpholine rings is 1. The summed E-state index contributed by atoms with van der Waals surface area (Å²) in [4.78, 5) is 20.0. The van der Waals surface area contributed by atoms with E-state index in [9.17, 15) is 5.11 Å². The van der Waals surface area contributed by atoms with Crippen molar-refractivity contribution in [1.82, 2.24) is 25.2 Å². The standard InChI is InChI=1S/C37H41FN6O3/c1-3-5-28-30(29-17-26(45)16-23-6-9-31(38)27(4-2)32(23)29)18-39-34-33(28)41-36(42-35(34)44-19-24-7-8-25(20-44)40-24)47-22-37(10-11-37)21-43-12-14-46-15-13-43/h2,6,9,16-18,24-25,40,45H,3,5,7-8,10-15,19-22H2,1H3. The molecule has 0 amide bonds. The molecule has 4 aliphatic rings. The van der Waals surface area contributed by atoms with Gasteiger partial charge in [0.05, 0.1) is 25.4 Å². The van der Waals surface area contributed by atoms with Crippen LogP contribution in [0.25, 0.3) is 32.9 Å². The molecule has 10 heteroatoms. The van der Waals surface area contributed by atoms with Crippen molar-refractivity contribution >= 4 is 27.6 Å². The number of terminal acetylenes is 1. The molecule has 2 N–H and O–H groups in total. The maximum atomic E-state index is 15.1. The van der Waals surface area contributed by atoms with Crippen molar-refractivity contribution in [2.45, 2.75) is 57.5 Å².